The molecule has 0 saturated carbocycles. The van der Waals surface area contributed by atoms with Crippen molar-refractivity contribution in [1.29, 1.82) is 0 Å². The van der Waals surface area contributed by atoms with Gasteiger partial charge in [0.25, 0.3) is 5.91 Å². The molecular weight excluding hydrogens is 382 g/mol. The average molecular weight is 398 g/mol. The second-order valence-electron chi connectivity index (χ2n) is 5.64. The monoisotopic (exact) mass is 397 g/mol. The van der Waals surface area contributed by atoms with Gasteiger partial charge in [0.2, 0.25) is 5.91 Å². The molecule has 0 radical (unpaired) electrons. The molecule has 3 N–H and O–H groups in total. The number of rotatable bonds is 5. The first-order valence-corrected chi connectivity index (χ1v) is 8.52. The van der Waals surface area contributed by atoms with Gasteiger partial charge < -0.3 is 11.1 Å². The van der Waals surface area contributed by atoms with Gasteiger partial charge in [-0.15, -0.1) is 0 Å². The van der Waals surface area contributed by atoms with Crippen molar-refractivity contribution >= 4 is 38.6 Å². The summed E-state index contributed by atoms with van der Waals surface area (Å²) >= 11 is 3.39. The Balaban J connectivity index is 1.84. The predicted octanol–water partition coefficient (Wildman–Crippen LogP) is 2.82. The van der Waals surface area contributed by atoms with Crippen molar-refractivity contribution in [3.63, 3.8) is 0 Å². The Hall–Kier alpha value is -2.73. The Morgan fingerprint density at radius 1 is 1.12 bits per heavy atom. The molecule has 0 aliphatic heterocycles. The van der Waals surface area contributed by atoms with Gasteiger partial charge in [0.1, 0.15) is 6.04 Å². The molecule has 1 heterocycles. The van der Waals surface area contributed by atoms with Crippen LogP contribution in [0.25, 0.3) is 10.9 Å². The number of pyridine rings is 1. The van der Waals surface area contributed by atoms with E-state index in [1.54, 1.807) is 18.3 Å². The molecule has 2 amide bonds. The molecule has 0 fully saturated rings. The number of carbonyl (C=O) groups excluding carboxylic acids is 2. The third kappa shape index (κ3) is 4.03. The summed E-state index contributed by atoms with van der Waals surface area (Å²) in [7, 11) is 0. The van der Waals surface area contributed by atoms with Crippen LogP contribution in [0.5, 0.6) is 0 Å². The van der Waals surface area contributed by atoms with Crippen molar-refractivity contribution in [2.75, 3.05) is 0 Å². The Labute approximate surface area is 153 Å². The Bertz CT molecular complexity index is 937. The maximum absolute atomic E-state index is 12.7. The van der Waals surface area contributed by atoms with E-state index in [1.165, 1.54) is 0 Å². The number of amides is 2. The minimum atomic E-state index is -0.805. The molecule has 3 rings (SSSR count). The summed E-state index contributed by atoms with van der Waals surface area (Å²) in [6, 6.07) is 15.8. The molecule has 0 aliphatic rings. The normalized spacial score (nSPS) is 11.9. The first-order valence-electron chi connectivity index (χ1n) is 7.73. The molecule has 25 heavy (non-hydrogen) atoms. The maximum Gasteiger partial charge on any atom is 0.254 e. The van der Waals surface area contributed by atoms with Gasteiger partial charge in [0, 0.05) is 22.5 Å². The third-order valence-corrected chi connectivity index (χ3v) is 4.35. The fraction of sp³-hybridized carbons (Fsp3) is 0.105. The highest BCUT2D eigenvalue weighted by Crippen LogP contribution is 2.17. The van der Waals surface area contributed by atoms with Gasteiger partial charge in [0.15, 0.2) is 0 Å². The summed E-state index contributed by atoms with van der Waals surface area (Å²) in [5, 5.41) is 3.58. The number of benzene rings is 2. The summed E-state index contributed by atoms with van der Waals surface area (Å²) in [6.45, 7) is 0. The summed E-state index contributed by atoms with van der Waals surface area (Å²) in [6.07, 6.45) is 1.95. The first kappa shape index (κ1) is 17.1. The number of hydrogen-bond acceptors (Lipinski definition) is 3. The summed E-state index contributed by atoms with van der Waals surface area (Å²) < 4.78 is 0.901. The number of nitrogens with one attached hydrogen (secondary N) is 1. The maximum atomic E-state index is 12.7. The van der Waals surface area contributed by atoms with E-state index in [0.29, 0.717) is 17.5 Å². The topological polar surface area (TPSA) is 85.1 Å². The van der Waals surface area contributed by atoms with Crippen molar-refractivity contribution in [2.24, 2.45) is 5.73 Å². The number of primary amides is 1. The number of hydrogen-bond donors (Lipinski definition) is 2. The largest absolute Gasteiger partial charge is 0.368 e. The van der Waals surface area contributed by atoms with Gasteiger partial charge in [0.05, 0.1) is 11.1 Å². The number of carbonyl (C=O) groups is 2. The van der Waals surface area contributed by atoms with Crippen LogP contribution in [0.1, 0.15) is 15.9 Å². The Morgan fingerprint density at radius 3 is 2.64 bits per heavy atom. The van der Waals surface area contributed by atoms with Crippen LogP contribution in [0.15, 0.2) is 65.3 Å². The molecule has 1 atom stereocenters. The van der Waals surface area contributed by atoms with Crippen LogP contribution in [0, 0.1) is 0 Å². The van der Waals surface area contributed by atoms with Crippen molar-refractivity contribution in [3.05, 3.63) is 76.4 Å². The quantitative estimate of drug-likeness (QED) is 0.693. The fourth-order valence-electron chi connectivity index (χ4n) is 2.65. The number of para-hydroxylation sites is 1. The zero-order valence-corrected chi connectivity index (χ0v) is 14.9. The molecule has 3 aromatic rings. The number of halogens is 1. The third-order valence-electron chi connectivity index (χ3n) is 3.85. The van der Waals surface area contributed by atoms with Crippen molar-refractivity contribution in [1.82, 2.24) is 10.3 Å². The number of fused-ring (bicyclic) bond motifs is 1. The lowest BCUT2D eigenvalue weighted by molar-refractivity contribution is -0.119. The van der Waals surface area contributed by atoms with Gasteiger partial charge in [-0.1, -0.05) is 46.3 Å². The highest BCUT2D eigenvalue weighted by Gasteiger charge is 2.21. The van der Waals surface area contributed by atoms with Crippen LogP contribution < -0.4 is 11.1 Å². The standard InChI is InChI=1S/C19H16BrN3O2/c20-14-7-1-4-12(10-14)11-16(18(21)24)23-19(25)15-8-2-5-13-6-3-9-22-17(13)15/h1-10,16H,11H2,(H2,21,24)(H,23,25)/t16-/m0/s1. The van der Waals surface area contributed by atoms with Crippen molar-refractivity contribution in [2.45, 2.75) is 12.5 Å². The predicted molar refractivity (Wildman–Crippen MR) is 100 cm³/mol. The van der Waals surface area contributed by atoms with Gasteiger partial charge in [-0.2, -0.15) is 0 Å². The molecule has 0 spiro atoms. The van der Waals surface area contributed by atoms with E-state index in [4.69, 9.17) is 5.73 Å². The lowest BCUT2D eigenvalue weighted by atomic mass is 10.0. The number of nitrogens with two attached hydrogens (primary N) is 1. The Morgan fingerprint density at radius 2 is 1.88 bits per heavy atom. The molecule has 0 aliphatic carbocycles. The van der Waals surface area contributed by atoms with Crippen LogP contribution in [0.3, 0.4) is 0 Å². The van der Waals surface area contributed by atoms with E-state index in [9.17, 15) is 9.59 Å². The summed E-state index contributed by atoms with van der Waals surface area (Å²) in [5.74, 6) is -0.954. The van der Waals surface area contributed by atoms with E-state index >= 15 is 0 Å². The molecule has 1 aromatic heterocycles. The van der Waals surface area contributed by atoms with E-state index in [0.717, 1.165) is 15.4 Å². The van der Waals surface area contributed by atoms with E-state index in [2.05, 4.69) is 26.2 Å². The van der Waals surface area contributed by atoms with Crippen LogP contribution in [0.4, 0.5) is 0 Å². The van der Waals surface area contributed by atoms with Gasteiger partial charge in [-0.25, -0.2) is 0 Å². The second kappa shape index (κ2) is 7.44. The van der Waals surface area contributed by atoms with Gasteiger partial charge in [-0.05, 0) is 29.8 Å². The zero-order valence-electron chi connectivity index (χ0n) is 13.3. The van der Waals surface area contributed by atoms with Crippen molar-refractivity contribution < 1.29 is 9.59 Å². The first-order chi connectivity index (χ1) is 12.0. The number of nitrogens with zero attached hydrogens (tertiary/aromatic N) is 1. The van der Waals surface area contributed by atoms with E-state index in [1.807, 2.05) is 42.5 Å². The van der Waals surface area contributed by atoms with Gasteiger partial charge >= 0.3 is 0 Å². The molecule has 0 unspecified atom stereocenters. The number of aromatic nitrogens is 1. The van der Waals surface area contributed by atoms with Crippen LogP contribution in [-0.4, -0.2) is 22.8 Å². The highest BCUT2D eigenvalue weighted by atomic mass is 79.9. The average Bonchev–Trinajstić information content (AvgIpc) is 2.60. The van der Waals surface area contributed by atoms with Crippen LogP contribution in [-0.2, 0) is 11.2 Å². The molecule has 126 valence electrons. The Kier molecular flexibility index (Phi) is 5.09. The van der Waals surface area contributed by atoms with E-state index in [-0.39, 0.29) is 5.91 Å². The highest BCUT2D eigenvalue weighted by molar-refractivity contribution is 9.10. The molecule has 0 bridgehead atoms. The molecule has 0 saturated heterocycles. The SMILES string of the molecule is NC(=O)[C@H](Cc1cccc(Br)c1)NC(=O)c1cccc2cccnc12. The second-order valence-corrected chi connectivity index (χ2v) is 6.56. The fourth-order valence-corrected chi connectivity index (χ4v) is 3.09. The molecule has 5 nitrogen and oxygen atoms in total. The summed E-state index contributed by atoms with van der Waals surface area (Å²) in [5.41, 5.74) is 7.38. The lowest BCUT2D eigenvalue weighted by Gasteiger charge is -2.16. The summed E-state index contributed by atoms with van der Waals surface area (Å²) in [4.78, 5) is 28.7. The molecule has 6 heteroatoms. The van der Waals surface area contributed by atoms with Gasteiger partial charge in [-0.3, -0.25) is 14.6 Å². The van der Waals surface area contributed by atoms with E-state index < -0.39 is 11.9 Å². The molecule has 2 aromatic carbocycles. The minimum Gasteiger partial charge on any atom is -0.368 e. The van der Waals surface area contributed by atoms with Crippen LogP contribution >= 0.6 is 15.9 Å². The molecular formula is C19H16BrN3O2. The lowest BCUT2D eigenvalue weighted by Crippen LogP contribution is -2.45. The minimum absolute atomic E-state index is 0.318. The zero-order chi connectivity index (χ0) is 17.8. The smallest absolute Gasteiger partial charge is 0.254 e. The van der Waals surface area contributed by atoms with Crippen LogP contribution in [0.2, 0.25) is 0 Å². The van der Waals surface area contributed by atoms with Crippen molar-refractivity contribution in [3.8, 4) is 0 Å².